The van der Waals surface area contributed by atoms with Crippen LogP contribution in [0.3, 0.4) is 0 Å². The van der Waals surface area contributed by atoms with E-state index in [0.717, 1.165) is 0 Å². The zero-order valence-electron chi connectivity index (χ0n) is 10.3. The van der Waals surface area contributed by atoms with E-state index in [4.69, 9.17) is 22.6 Å². The first-order valence-corrected chi connectivity index (χ1v) is 5.86. The highest BCUT2D eigenvalue weighted by Crippen LogP contribution is 2.32. The van der Waals surface area contributed by atoms with Crippen molar-refractivity contribution in [1.29, 1.82) is 0 Å². The molecule has 0 aliphatic rings. The van der Waals surface area contributed by atoms with Gasteiger partial charge in [-0.15, -0.1) is 0 Å². The van der Waals surface area contributed by atoms with E-state index in [-0.39, 0.29) is 22.4 Å². The van der Waals surface area contributed by atoms with E-state index in [2.05, 4.69) is 9.84 Å². The van der Waals surface area contributed by atoms with Crippen LogP contribution in [0.5, 0.6) is 0 Å². The van der Waals surface area contributed by atoms with E-state index in [9.17, 15) is 10.1 Å². The standard InChI is InChI=1S/C13H8ClN3O3/c1-8-7-11(15-2)13(20-8)16-12(14)9-3-5-10(6-4-9)17(18)19/h3-7H,1H3/b16-12-. The van der Waals surface area contributed by atoms with Crippen molar-refractivity contribution < 1.29 is 9.34 Å². The first-order chi connectivity index (χ1) is 9.51. The first kappa shape index (κ1) is 13.8. The molecule has 0 bridgehead atoms. The van der Waals surface area contributed by atoms with Crippen LogP contribution < -0.4 is 0 Å². The normalized spacial score (nSPS) is 11.2. The van der Waals surface area contributed by atoms with Gasteiger partial charge in [0.2, 0.25) is 5.88 Å². The van der Waals surface area contributed by atoms with Gasteiger partial charge in [0.15, 0.2) is 0 Å². The smallest absolute Gasteiger partial charge is 0.269 e. The average molecular weight is 290 g/mol. The van der Waals surface area contributed by atoms with E-state index in [1.54, 1.807) is 13.0 Å². The minimum absolute atomic E-state index is 0.0334. The van der Waals surface area contributed by atoms with Gasteiger partial charge in [-0.1, -0.05) is 11.6 Å². The van der Waals surface area contributed by atoms with Gasteiger partial charge in [0, 0.05) is 17.7 Å². The second-order valence-electron chi connectivity index (χ2n) is 3.87. The fraction of sp³-hybridized carbons (Fsp3) is 0.0769. The number of non-ortho nitro benzene ring substituents is 1. The van der Waals surface area contributed by atoms with Crippen molar-refractivity contribution in [2.75, 3.05) is 0 Å². The average Bonchev–Trinajstić information content (AvgIpc) is 2.78. The molecular weight excluding hydrogens is 282 g/mol. The number of halogens is 1. The lowest BCUT2D eigenvalue weighted by molar-refractivity contribution is -0.384. The molecule has 0 amide bonds. The molecule has 1 heterocycles. The number of benzene rings is 1. The van der Waals surface area contributed by atoms with E-state index in [1.807, 2.05) is 0 Å². The molecule has 0 N–H and O–H groups in total. The van der Waals surface area contributed by atoms with Crippen molar-refractivity contribution in [1.82, 2.24) is 0 Å². The quantitative estimate of drug-likeness (QED) is 0.364. The Bertz CT molecular complexity index is 726. The summed E-state index contributed by atoms with van der Waals surface area (Å²) in [5, 5.41) is 10.6. The molecule has 7 heteroatoms. The second-order valence-corrected chi connectivity index (χ2v) is 4.22. The zero-order valence-corrected chi connectivity index (χ0v) is 11.1. The summed E-state index contributed by atoms with van der Waals surface area (Å²) in [6.07, 6.45) is 0. The maximum absolute atomic E-state index is 10.6. The van der Waals surface area contributed by atoms with Crippen molar-refractivity contribution in [3.63, 3.8) is 0 Å². The lowest BCUT2D eigenvalue weighted by atomic mass is 10.2. The Morgan fingerprint density at radius 1 is 1.45 bits per heavy atom. The number of aryl methyl sites for hydroxylation is 1. The molecule has 100 valence electrons. The minimum Gasteiger partial charge on any atom is -0.455 e. The highest BCUT2D eigenvalue weighted by molar-refractivity contribution is 6.69. The monoisotopic (exact) mass is 289 g/mol. The predicted octanol–water partition coefficient (Wildman–Crippen LogP) is 4.36. The van der Waals surface area contributed by atoms with Crippen LogP contribution in [0, 0.1) is 23.6 Å². The number of aliphatic imine (C=N–C) groups is 1. The predicted molar refractivity (Wildman–Crippen MR) is 74.9 cm³/mol. The van der Waals surface area contributed by atoms with Crippen LogP contribution in [-0.4, -0.2) is 10.1 Å². The van der Waals surface area contributed by atoms with Gasteiger partial charge in [0.1, 0.15) is 5.17 Å². The van der Waals surface area contributed by atoms with Gasteiger partial charge in [-0.2, -0.15) is 0 Å². The van der Waals surface area contributed by atoms with Crippen LogP contribution in [0.15, 0.2) is 39.7 Å². The largest absolute Gasteiger partial charge is 0.455 e. The maximum atomic E-state index is 10.6. The summed E-state index contributed by atoms with van der Waals surface area (Å²) < 4.78 is 5.27. The Kier molecular flexibility index (Phi) is 3.82. The van der Waals surface area contributed by atoms with Crippen molar-refractivity contribution in [3.8, 4) is 0 Å². The number of furan rings is 1. The zero-order chi connectivity index (χ0) is 14.7. The Morgan fingerprint density at radius 3 is 2.65 bits per heavy atom. The van der Waals surface area contributed by atoms with Gasteiger partial charge in [0.25, 0.3) is 11.4 Å². The van der Waals surface area contributed by atoms with Crippen molar-refractivity contribution >= 4 is 34.0 Å². The van der Waals surface area contributed by atoms with E-state index in [1.165, 1.54) is 24.3 Å². The summed E-state index contributed by atoms with van der Waals surface area (Å²) in [6, 6.07) is 7.19. The molecule has 0 saturated carbocycles. The van der Waals surface area contributed by atoms with Crippen LogP contribution in [-0.2, 0) is 0 Å². The second kappa shape index (κ2) is 5.55. The van der Waals surface area contributed by atoms with Crippen LogP contribution in [0.2, 0.25) is 0 Å². The van der Waals surface area contributed by atoms with Crippen molar-refractivity contribution in [2.24, 2.45) is 4.99 Å². The van der Waals surface area contributed by atoms with Gasteiger partial charge in [-0.05, 0) is 25.1 Å². The summed E-state index contributed by atoms with van der Waals surface area (Å²) in [7, 11) is 0. The number of nitro groups is 1. The van der Waals surface area contributed by atoms with Gasteiger partial charge < -0.3 is 4.42 Å². The molecule has 0 atom stereocenters. The molecule has 20 heavy (non-hydrogen) atoms. The molecule has 0 aliphatic heterocycles. The molecule has 1 aromatic heterocycles. The number of hydrogen-bond donors (Lipinski definition) is 0. The van der Waals surface area contributed by atoms with Crippen LogP contribution in [0.1, 0.15) is 11.3 Å². The van der Waals surface area contributed by atoms with Crippen LogP contribution in [0.4, 0.5) is 17.3 Å². The summed E-state index contributed by atoms with van der Waals surface area (Å²) in [4.78, 5) is 17.4. The van der Waals surface area contributed by atoms with E-state index in [0.29, 0.717) is 11.3 Å². The van der Waals surface area contributed by atoms with Crippen molar-refractivity contribution in [3.05, 3.63) is 63.2 Å². The molecule has 0 spiro atoms. The third-order valence-corrected chi connectivity index (χ3v) is 2.76. The summed E-state index contributed by atoms with van der Waals surface area (Å²) in [6.45, 7) is 8.70. The Hall–Kier alpha value is -2.65. The lowest BCUT2D eigenvalue weighted by Crippen LogP contribution is -1.92. The van der Waals surface area contributed by atoms with Gasteiger partial charge in [0.05, 0.1) is 17.3 Å². The van der Waals surface area contributed by atoms with Crippen LogP contribution in [0.25, 0.3) is 4.85 Å². The molecule has 0 unspecified atom stereocenters. The molecular formula is C13H8ClN3O3. The van der Waals surface area contributed by atoms with Gasteiger partial charge in [-0.3, -0.25) is 10.1 Å². The summed E-state index contributed by atoms with van der Waals surface area (Å²) in [5.74, 6) is 0.684. The van der Waals surface area contributed by atoms with Crippen molar-refractivity contribution in [2.45, 2.75) is 6.92 Å². The Balaban J connectivity index is 2.35. The molecule has 1 aromatic carbocycles. The third kappa shape index (κ3) is 2.84. The highest BCUT2D eigenvalue weighted by Gasteiger charge is 2.11. The van der Waals surface area contributed by atoms with E-state index < -0.39 is 4.92 Å². The first-order valence-electron chi connectivity index (χ1n) is 5.48. The summed E-state index contributed by atoms with van der Waals surface area (Å²) in [5.41, 5.74) is 0.735. The number of rotatable bonds is 3. The Labute approximate surface area is 119 Å². The fourth-order valence-corrected chi connectivity index (χ4v) is 1.73. The molecule has 0 aliphatic carbocycles. The molecule has 2 aromatic rings. The number of nitrogens with zero attached hydrogens (tertiary/aromatic N) is 3. The highest BCUT2D eigenvalue weighted by atomic mass is 35.5. The van der Waals surface area contributed by atoms with Crippen LogP contribution >= 0.6 is 11.6 Å². The number of hydrogen-bond acceptors (Lipinski definition) is 4. The Morgan fingerprint density at radius 2 is 2.10 bits per heavy atom. The lowest BCUT2D eigenvalue weighted by Gasteiger charge is -1.98. The van der Waals surface area contributed by atoms with Gasteiger partial charge in [-0.25, -0.2) is 9.84 Å². The SMILES string of the molecule is [C-]#[N+]c1cc(C)oc1/N=C(\Cl)c1ccc([N+](=O)[O-])cc1. The molecule has 6 nitrogen and oxygen atoms in total. The molecule has 2 rings (SSSR count). The molecule has 0 fully saturated rings. The van der Waals surface area contributed by atoms with Gasteiger partial charge >= 0.3 is 0 Å². The fourth-order valence-electron chi connectivity index (χ4n) is 1.52. The topological polar surface area (TPSA) is 73.0 Å². The molecule has 0 saturated heterocycles. The number of nitro benzene ring substituents is 1. The maximum Gasteiger partial charge on any atom is 0.269 e. The third-order valence-electron chi connectivity index (χ3n) is 2.45. The minimum atomic E-state index is -0.498. The van der Waals surface area contributed by atoms with E-state index >= 15 is 0 Å². The summed E-state index contributed by atoms with van der Waals surface area (Å²) >= 11 is 6.03. The molecule has 0 radical (unpaired) electrons.